The first-order chi connectivity index (χ1) is 4.57. The van der Waals surface area contributed by atoms with Gasteiger partial charge in [0.05, 0.1) is 0 Å². The molecule has 0 aromatic heterocycles. The first kappa shape index (κ1) is 9.17. The minimum absolute atomic E-state index is 0.135. The Kier molecular flexibility index (Phi) is 3.72. The van der Waals surface area contributed by atoms with Gasteiger partial charge in [0.1, 0.15) is 6.10 Å². The summed E-state index contributed by atoms with van der Waals surface area (Å²) in [6, 6.07) is -0.135. The molecule has 0 rings (SSSR count). The van der Waals surface area contributed by atoms with E-state index in [-0.39, 0.29) is 12.1 Å². The molecule has 0 radical (unpaired) electrons. The third-order valence-corrected chi connectivity index (χ3v) is 1.21. The molecule has 2 atom stereocenters. The molecule has 0 amide bonds. The Hall–Kier alpha value is -0.830. The molecular formula is C7H13NO2. The van der Waals surface area contributed by atoms with Crippen LogP contribution in [0.3, 0.4) is 0 Å². The lowest BCUT2D eigenvalue weighted by Gasteiger charge is -2.14. The summed E-state index contributed by atoms with van der Waals surface area (Å²) < 4.78 is 4.78. The Balaban J connectivity index is 3.67. The molecule has 0 saturated carbocycles. The van der Waals surface area contributed by atoms with Crippen molar-refractivity contribution in [2.24, 2.45) is 5.73 Å². The quantitative estimate of drug-likeness (QED) is 0.461. The van der Waals surface area contributed by atoms with Crippen molar-refractivity contribution in [3.63, 3.8) is 0 Å². The zero-order valence-corrected chi connectivity index (χ0v) is 6.33. The van der Waals surface area contributed by atoms with Gasteiger partial charge < -0.3 is 10.5 Å². The lowest BCUT2D eigenvalue weighted by atomic mass is 10.2. The molecule has 0 saturated heterocycles. The van der Waals surface area contributed by atoms with Gasteiger partial charge >= 0.3 is 5.97 Å². The second kappa shape index (κ2) is 4.06. The SMILES string of the molecule is C=CC(=O)OC(C)C(C)N. The smallest absolute Gasteiger partial charge is 0.330 e. The van der Waals surface area contributed by atoms with Gasteiger partial charge in [0.2, 0.25) is 0 Å². The largest absolute Gasteiger partial charge is 0.458 e. The highest BCUT2D eigenvalue weighted by molar-refractivity contribution is 5.81. The summed E-state index contributed by atoms with van der Waals surface area (Å²) in [5.74, 6) is -0.426. The lowest BCUT2D eigenvalue weighted by Crippen LogP contribution is -2.32. The van der Waals surface area contributed by atoms with Crippen LogP contribution in [-0.2, 0) is 9.53 Å². The van der Waals surface area contributed by atoms with E-state index < -0.39 is 5.97 Å². The average molecular weight is 143 g/mol. The fourth-order valence-electron chi connectivity index (χ4n) is 0.339. The van der Waals surface area contributed by atoms with Gasteiger partial charge in [0.15, 0.2) is 0 Å². The predicted octanol–water partition coefficient (Wildman–Crippen LogP) is 0.451. The van der Waals surface area contributed by atoms with Gasteiger partial charge in [-0.05, 0) is 13.8 Å². The van der Waals surface area contributed by atoms with Crippen molar-refractivity contribution in [2.45, 2.75) is 26.0 Å². The number of hydrogen-bond acceptors (Lipinski definition) is 3. The van der Waals surface area contributed by atoms with E-state index in [2.05, 4.69) is 6.58 Å². The molecule has 0 heterocycles. The van der Waals surface area contributed by atoms with Crippen LogP contribution in [-0.4, -0.2) is 18.1 Å². The fourth-order valence-corrected chi connectivity index (χ4v) is 0.339. The van der Waals surface area contributed by atoms with E-state index >= 15 is 0 Å². The van der Waals surface area contributed by atoms with E-state index in [0.717, 1.165) is 6.08 Å². The maximum absolute atomic E-state index is 10.5. The van der Waals surface area contributed by atoms with Gasteiger partial charge in [-0.2, -0.15) is 0 Å². The molecule has 0 aromatic rings. The van der Waals surface area contributed by atoms with Crippen molar-refractivity contribution in [3.8, 4) is 0 Å². The Labute approximate surface area is 60.9 Å². The van der Waals surface area contributed by atoms with Gasteiger partial charge in [-0.1, -0.05) is 6.58 Å². The highest BCUT2D eigenvalue weighted by atomic mass is 16.5. The van der Waals surface area contributed by atoms with E-state index in [1.807, 2.05) is 0 Å². The Morgan fingerprint density at radius 3 is 2.50 bits per heavy atom. The monoisotopic (exact) mass is 143 g/mol. The van der Waals surface area contributed by atoms with Gasteiger partial charge in [-0.3, -0.25) is 0 Å². The second-order valence-corrected chi connectivity index (χ2v) is 2.21. The normalized spacial score (nSPS) is 15.5. The predicted molar refractivity (Wildman–Crippen MR) is 39.4 cm³/mol. The maximum Gasteiger partial charge on any atom is 0.330 e. The molecule has 0 aliphatic carbocycles. The molecule has 2 unspecified atom stereocenters. The highest BCUT2D eigenvalue weighted by Gasteiger charge is 2.09. The number of carbonyl (C=O) groups is 1. The molecule has 10 heavy (non-hydrogen) atoms. The molecule has 0 aliphatic heterocycles. The highest BCUT2D eigenvalue weighted by Crippen LogP contribution is 1.95. The van der Waals surface area contributed by atoms with E-state index in [4.69, 9.17) is 10.5 Å². The van der Waals surface area contributed by atoms with Gasteiger partial charge in [-0.15, -0.1) is 0 Å². The molecule has 0 bridgehead atoms. The van der Waals surface area contributed by atoms with Crippen molar-refractivity contribution >= 4 is 5.97 Å². The fraction of sp³-hybridized carbons (Fsp3) is 0.571. The van der Waals surface area contributed by atoms with Gasteiger partial charge in [0, 0.05) is 12.1 Å². The number of rotatable bonds is 3. The van der Waals surface area contributed by atoms with Crippen LogP contribution in [0.5, 0.6) is 0 Å². The number of nitrogens with two attached hydrogens (primary N) is 1. The third-order valence-electron chi connectivity index (χ3n) is 1.21. The number of hydrogen-bond donors (Lipinski definition) is 1. The minimum atomic E-state index is -0.426. The molecule has 0 spiro atoms. The molecule has 2 N–H and O–H groups in total. The molecule has 58 valence electrons. The van der Waals surface area contributed by atoms with Crippen molar-refractivity contribution in [1.29, 1.82) is 0 Å². The summed E-state index contributed by atoms with van der Waals surface area (Å²) in [5, 5.41) is 0. The van der Waals surface area contributed by atoms with E-state index in [9.17, 15) is 4.79 Å². The third kappa shape index (κ3) is 3.25. The van der Waals surface area contributed by atoms with Crippen LogP contribution in [0, 0.1) is 0 Å². The summed E-state index contributed by atoms with van der Waals surface area (Å²) in [7, 11) is 0. The molecule has 0 fully saturated rings. The van der Waals surface area contributed by atoms with Gasteiger partial charge in [-0.25, -0.2) is 4.79 Å². The molecular weight excluding hydrogens is 130 g/mol. The van der Waals surface area contributed by atoms with E-state index in [0.29, 0.717) is 0 Å². The van der Waals surface area contributed by atoms with Crippen LogP contribution < -0.4 is 5.73 Å². The Morgan fingerprint density at radius 1 is 1.70 bits per heavy atom. The Bertz CT molecular complexity index is 132. The summed E-state index contributed by atoms with van der Waals surface area (Å²) in [6.07, 6.45) is 0.879. The van der Waals surface area contributed by atoms with Crippen molar-refractivity contribution in [1.82, 2.24) is 0 Å². The van der Waals surface area contributed by atoms with Gasteiger partial charge in [0.25, 0.3) is 0 Å². The zero-order valence-electron chi connectivity index (χ0n) is 6.33. The van der Waals surface area contributed by atoms with Crippen LogP contribution in [0.15, 0.2) is 12.7 Å². The van der Waals surface area contributed by atoms with Crippen LogP contribution in [0.4, 0.5) is 0 Å². The van der Waals surface area contributed by atoms with Crippen LogP contribution in [0.2, 0.25) is 0 Å². The van der Waals surface area contributed by atoms with Crippen LogP contribution in [0.25, 0.3) is 0 Å². The number of esters is 1. The molecule has 3 nitrogen and oxygen atoms in total. The standard InChI is InChI=1S/C7H13NO2/c1-4-7(9)10-6(3)5(2)8/h4-6H,1,8H2,2-3H3. The summed E-state index contributed by atoms with van der Waals surface area (Å²) in [5.41, 5.74) is 5.43. The first-order valence-corrected chi connectivity index (χ1v) is 3.16. The summed E-state index contributed by atoms with van der Waals surface area (Å²) in [4.78, 5) is 10.5. The second-order valence-electron chi connectivity index (χ2n) is 2.21. The average Bonchev–Trinajstić information content (AvgIpc) is 1.87. The maximum atomic E-state index is 10.5. The number of carbonyl (C=O) groups excluding carboxylic acids is 1. The van der Waals surface area contributed by atoms with E-state index in [1.54, 1.807) is 13.8 Å². The summed E-state index contributed by atoms with van der Waals surface area (Å²) in [6.45, 7) is 6.78. The summed E-state index contributed by atoms with van der Waals surface area (Å²) >= 11 is 0. The minimum Gasteiger partial charge on any atom is -0.458 e. The molecule has 0 aromatic carbocycles. The molecule has 0 aliphatic rings. The van der Waals surface area contributed by atoms with Crippen molar-refractivity contribution < 1.29 is 9.53 Å². The number of ether oxygens (including phenoxy) is 1. The lowest BCUT2D eigenvalue weighted by molar-refractivity contribution is -0.142. The van der Waals surface area contributed by atoms with Crippen molar-refractivity contribution in [2.75, 3.05) is 0 Å². The van der Waals surface area contributed by atoms with Crippen LogP contribution in [0.1, 0.15) is 13.8 Å². The van der Waals surface area contributed by atoms with E-state index in [1.165, 1.54) is 0 Å². The Morgan fingerprint density at radius 2 is 2.20 bits per heavy atom. The topological polar surface area (TPSA) is 52.3 Å². The van der Waals surface area contributed by atoms with Crippen molar-refractivity contribution in [3.05, 3.63) is 12.7 Å². The zero-order chi connectivity index (χ0) is 8.15. The van der Waals surface area contributed by atoms with Crippen LogP contribution >= 0.6 is 0 Å². The molecule has 3 heteroatoms. The first-order valence-electron chi connectivity index (χ1n) is 3.16.